The number of halogens is 2. The first-order valence-corrected chi connectivity index (χ1v) is 9.09. The summed E-state index contributed by atoms with van der Waals surface area (Å²) < 4.78 is 57.8. The molecule has 0 unspecified atom stereocenters. The lowest BCUT2D eigenvalue weighted by Crippen LogP contribution is -2.35. The third kappa shape index (κ3) is 5.07. The fourth-order valence-corrected chi connectivity index (χ4v) is 3.41. The van der Waals surface area contributed by atoms with Gasteiger partial charge >= 0.3 is 0 Å². The van der Waals surface area contributed by atoms with Gasteiger partial charge in [-0.2, -0.15) is 0 Å². The second-order valence-corrected chi connectivity index (χ2v) is 7.30. The number of ether oxygens (including phenoxy) is 1. The van der Waals surface area contributed by atoms with Gasteiger partial charge in [-0.25, -0.2) is 21.9 Å². The van der Waals surface area contributed by atoms with E-state index in [1.54, 1.807) is 6.92 Å². The lowest BCUT2D eigenvalue weighted by atomic mass is 10.2. The van der Waals surface area contributed by atoms with Crippen molar-refractivity contribution in [3.63, 3.8) is 0 Å². The Balaban J connectivity index is 2.10. The Bertz CT molecular complexity index is 886. The van der Waals surface area contributed by atoms with Crippen LogP contribution in [0.15, 0.2) is 47.4 Å². The first kappa shape index (κ1) is 20.0. The molecule has 2 aromatic carbocycles. The monoisotopic (exact) mass is 384 g/mol. The number of amides is 1. The molecule has 0 saturated heterocycles. The van der Waals surface area contributed by atoms with Gasteiger partial charge in [-0.05, 0) is 43.3 Å². The van der Waals surface area contributed by atoms with E-state index in [2.05, 4.69) is 10.0 Å². The predicted molar refractivity (Wildman–Crippen MR) is 92.4 cm³/mol. The summed E-state index contributed by atoms with van der Waals surface area (Å²) in [6.07, 6.45) is 0. The highest BCUT2D eigenvalue weighted by Gasteiger charge is 2.18. The number of carbonyl (C=O) groups is 1. The van der Waals surface area contributed by atoms with Crippen molar-refractivity contribution in [1.29, 1.82) is 0 Å². The molecule has 2 rings (SSSR count). The third-order valence-electron chi connectivity index (χ3n) is 3.38. The molecule has 6 nitrogen and oxygen atoms in total. The molecule has 2 N–H and O–H groups in total. The van der Waals surface area contributed by atoms with Crippen LogP contribution in [0.4, 0.5) is 14.5 Å². The molecule has 0 aromatic heterocycles. The summed E-state index contributed by atoms with van der Waals surface area (Å²) in [5, 5.41) is 2.41. The molecule has 26 heavy (non-hydrogen) atoms. The molecule has 0 spiro atoms. The van der Waals surface area contributed by atoms with E-state index in [-0.39, 0.29) is 22.8 Å². The second kappa shape index (κ2) is 8.35. The zero-order chi connectivity index (χ0) is 19.3. The Morgan fingerprint density at radius 1 is 1.12 bits per heavy atom. The molecule has 9 heteroatoms. The molecule has 0 heterocycles. The minimum atomic E-state index is -3.75. The van der Waals surface area contributed by atoms with Gasteiger partial charge in [-0.1, -0.05) is 0 Å². The number of carbonyl (C=O) groups excluding carboxylic acids is 1. The number of sulfonamides is 1. The standard InChI is InChI=1S/C17H18F2N2O4S/c1-11(10-25-2)21-26(23,24)14-6-3-12(4-7-14)17(22)20-13-5-8-15(18)16(19)9-13/h3-9,11,21H,10H2,1-2H3,(H,20,22)/t11-/m1/s1. The number of benzene rings is 2. The van der Waals surface area contributed by atoms with Crippen molar-refractivity contribution in [1.82, 2.24) is 4.72 Å². The number of hydrogen-bond acceptors (Lipinski definition) is 4. The molecule has 1 amide bonds. The molecule has 2 aromatic rings. The second-order valence-electron chi connectivity index (χ2n) is 5.59. The summed E-state index contributed by atoms with van der Waals surface area (Å²) in [6.45, 7) is 1.87. The number of hydrogen-bond donors (Lipinski definition) is 2. The lowest BCUT2D eigenvalue weighted by Gasteiger charge is -2.13. The molecule has 0 aliphatic rings. The van der Waals surface area contributed by atoms with E-state index < -0.39 is 33.6 Å². The van der Waals surface area contributed by atoms with Crippen LogP contribution in [0.2, 0.25) is 0 Å². The first-order chi connectivity index (χ1) is 12.2. The van der Waals surface area contributed by atoms with E-state index in [0.29, 0.717) is 0 Å². The summed E-state index contributed by atoms with van der Waals surface area (Å²) in [5.74, 6) is -2.69. The van der Waals surface area contributed by atoms with E-state index in [1.165, 1.54) is 37.4 Å². The summed E-state index contributed by atoms with van der Waals surface area (Å²) in [4.78, 5) is 12.1. The Hall–Kier alpha value is -2.36. The molecule has 1 atom stereocenters. The van der Waals surface area contributed by atoms with Crippen LogP contribution in [0.25, 0.3) is 0 Å². The molecule has 0 aliphatic heterocycles. The molecule has 0 aliphatic carbocycles. The van der Waals surface area contributed by atoms with Crippen molar-refractivity contribution in [2.75, 3.05) is 19.0 Å². The minimum Gasteiger partial charge on any atom is -0.383 e. The summed E-state index contributed by atoms with van der Waals surface area (Å²) in [5.41, 5.74) is 0.249. The summed E-state index contributed by atoms with van der Waals surface area (Å²) in [6, 6.07) is 7.76. The number of nitrogens with one attached hydrogen (secondary N) is 2. The van der Waals surface area contributed by atoms with Crippen molar-refractivity contribution < 1.29 is 26.7 Å². The van der Waals surface area contributed by atoms with Gasteiger partial charge in [0.1, 0.15) is 0 Å². The highest BCUT2D eigenvalue weighted by atomic mass is 32.2. The molecule has 0 radical (unpaired) electrons. The Morgan fingerprint density at radius 2 is 1.77 bits per heavy atom. The van der Waals surface area contributed by atoms with Gasteiger partial charge in [0, 0.05) is 30.5 Å². The van der Waals surface area contributed by atoms with Crippen LogP contribution in [-0.2, 0) is 14.8 Å². The van der Waals surface area contributed by atoms with Crippen molar-refractivity contribution in [3.8, 4) is 0 Å². The Labute approximate surface area is 150 Å². The Morgan fingerprint density at radius 3 is 2.35 bits per heavy atom. The maximum absolute atomic E-state index is 13.2. The van der Waals surface area contributed by atoms with Gasteiger partial charge in [0.2, 0.25) is 10.0 Å². The van der Waals surface area contributed by atoms with Crippen LogP contribution in [0.1, 0.15) is 17.3 Å². The topological polar surface area (TPSA) is 84.5 Å². The van der Waals surface area contributed by atoms with E-state index in [1.807, 2.05) is 0 Å². The van der Waals surface area contributed by atoms with E-state index in [4.69, 9.17) is 4.74 Å². The van der Waals surface area contributed by atoms with Crippen LogP contribution in [-0.4, -0.2) is 34.1 Å². The molecular weight excluding hydrogens is 366 g/mol. The molecule has 140 valence electrons. The van der Waals surface area contributed by atoms with Crippen molar-refractivity contribution in [3.05, 3.63) is 59.7 Å². The van der Waals surface area contributed by atoms with E-state index >= 15 is 0 Å². The fraction of sp³-hybridized carbons (Fsp3) is 0.235. The molecular formula is C17H18F2N2O4S. The first-order valence-electron chi connectivity index (χ1n) is 7.60. The average molecular weight is 384 g/mol. The van der Waals surface area contributed by atoms with E-state index in [9.17, 15) is 22.0 Å². The third-order valence-corrected chi connectivity index (χ3v) is 4.98. The van der Waals surface area contributed by atoms with Crippen molar-refractivity contribution >= 4 is 21.6 Å². The van der Waals surface area contributed by atoms with Gasteiger partial charge in [-0.3, -0.25) is 4.79 Å². The predicted octanol–water partition coefficient (Wildman–Crippen LogP) is 2.53. The number of methoxy groups -OCH3 is 1. The van der Waals surface area contributed by atoms with Gasteiger partial charge in [0.25, 0.3) is 5.91 Å². The number of anilines is 1. The largest absolute Gasteiger partial charge is 0.383 e. The van der Waals surface area contributed by atoms with Gasteiger partial charge < -0.3 is 10.1 Å². The average Bonchev–Trinajstić information content (AvgIpc) is 2.58. The highest BCUT2D eigenvalue weighted by molar-refractivity contribution is 7.89. The van der Waals surface area contributed by atoms with Crippen LogP contribution in [0.5, 0.6) is 0 Å². The molecule has 0 saturated carbocycles. The zero-order valence-electron chi connectivity index (χ0n) is 14.1. The quantitative estimate of drug-likeness (QED) is 0.768. The maximum atomic E-state index is 13.2. The molecule has 0 fully saturated rings. The van der Waals surface area contributed by atoms with Crippen LogP contribution in [0.3, 0.4) is 0 Å². The number of rotatable bonds is 7. The minimum absolute atomic E-state index is 0.00942. The SMILES string of the molecule is COC[C@@H](C)NS(=O)(=O)c1ccc(C(=O)Nc2ccc(F)c(F)c2)cc1. The lowest BCUT2D eigenvalue weighted by molar-refractivity contribution is 0.102. The van der Waals surface area contributed by atoms with Gasteiger partial charge in [-0.15, -0.1) is 0 Å². The normalized spacial score (nSPS) is 12.6. The molecule has 0 bridgehead atoms. The van der Waals surface area contributed by atoms with Crippen molar-refractivity contribution in [2.24, 2.45) is 0 Å². The van der Waals surface area contributed by atoms with E-state index in [0.717, 1.165) is 12.1 Å². The highest BCUT2D eigenvalue weighted by Crippen LogP contribution is 2.16. The maximum Gasteiger partial charge on any atom is 0.255 e. The summed E-state index contributed by atoms with van der Waals surface area (Å²) in [7, 11) is -2.28. The van der Waals surface area contributed by atoms with Gasteiger partial charge in [0.15, 0.2) is 11.6 Å². The Kier molecular flexibility index (Phi) is 6.41. The summed E-state index contributed by atoms with van der Waals surface area (Å²) >= 11 is 0. The van der Waals surface area contributed by atoms with Crippen LogP contribution >= 0.6 is 0 Å². The van der Waals surface area contributed by atoms with Crippen LogP contribution < -0.4 is 10.0 Å². The van der Waals surface area contributed by atoms with Crippen LogP contribution in [0, 0.1) is 11.6 Å². The van der Waals surface area contributed by atoms with Gasteiger partial charge in [0.05, 0.1) is 11.5 Å². The smallest absolute Gasteiger partial charge is 0.255 e. The fourth-order valence-electron chi connectivity index (χ4n) is 2.18. The van der Waals surface area contributed by atoms with Crippen molar-refractivity contribution in [2.45, 2.75) is 17.9 Å². The zero-order valence-corrected chi connectivity index (χ0v) is 14.9.